The molecule has 2 aromatic carbocycles. The number of rotatable bonds is 6. The van der Waals surface area contributed by atoms with Crippen LogP contribution in [0.5, 0.6) is 0 Å². The highest BCUT2D eigenvalue weighted by molar-refractivity contribution is 6.36. The number of carbonyl (C=O) groups is 2. The van der Waals surface area contributed by atoms with Crippen LogP contribution in [0.1, 0.15) is 55.1 Å². The molecular formula is C32H33ClN8O2. The number of halogens is 1. The lowest BCUT2D eigenvalue weighted by atomic mass is 9.93. The molecule has 0 unspecified atom stereocenters. The molecule has 11 heteroatoms. The Balaban J connectivity index is 1.28. The van der Waals surface area contributed by atoms with E-state index in [0.29, 0.717) is 57.7 Å². The summed E-state index contributed by atoms with van der Waals surface area (Å²) in [6.07, 6.45) is 1.70. The lowest BCUT2D eigenvalue weighted by Gasteiger charge is -2.21. The SMILES string of the molecule is CN1CCc2c(nc(C(=O)Cc3cccc(-c4cccc(NC(=O)c5nc6c(n5C)CCN(C)C6)c4Cl)c3C#N)n2C)C1. The molecule has 0 saturated carbocycles. The molecule has 6 rings (SSSR count). The average molecular weight is 597 g/mol. The van der Waals surface area contributed by atoms with Crippen LogP contribution in [0.4, 0.5) is 5.69 Å². The van der Waals surface area contributed by atoms with Gasteiger partial charge in [-0.1, -0.05) is 41.9 Å². The molecule has 1 amide bonds. The molecule has 2 aliphatic heterocycles. The van der Waals surface area contributed by atoms with E-state index in [9.17, 15) is 14.9 Å². The number of benzene rings is 2. The van der Waals surface area contributed by atoms with Crippen molar-refractivity contribution in [3.63, 3.8) is 0 Å². The van der Waals surface area contributed by atoms with Crippen molar-refractivity contribution in [3.05, 3.63) is 87.0 Å². The summed E-state index contributed by atoms with van der Waals surface area (Å²) in [5.74, 6) is 0.217. The standard InChI is InChI=1S/C32H33ClN8O2/c1-38-13-11-26-24(17-38)35-30(40(26)3)28(42)15-19-7-5-8-20(22(19)16-34)21-9-6-10-23(29(21)33)37-32(43)31-36-25-18-39(2)14-12-27(25)41(31)4/h5-10H,11-15,17-18H2,1-4H3,(H,37,43). The van der Waals surface area contributed by atoms with Gasteiger partial charge in [-0.3, -0.25) is 9.59 Å². The highest BCUT2D eigenvalue weighted by Crippen LogP contribution is 2.37. The van der Waals surface area contributed by atoms with Crippen molar-refractivity contribution < 1.29 is 9.59 Å². The zero-order chi connectivity index (χ0) is 30.4. The van der Waals surface area contributed by atoms with E-state index in [0.717, 1.165) is 48.7 Å². The fourth-order valence-corrected chi connectivity index (χ4v) is 6.42. The van der Waals surface area contributed by atoms with Gasteiger partial charge >= 0.3 is 0 Å². The minimum Gasteiger partial charge on any atom is -0.328 e. The second-order valence-electron chi connectivity index (χ2n) is 11.4. The quantitative estimate of drug-likeness (QED) is 0.335. The summed E-state index contributed by atoms with van der Waals surface area (Å²) in [4.78, 5) is 40.4. The van der Waals surface area contributed by atoms with Crippen LogP contribution < -0.4 is 5.32 Å². The number of Topliss-reactive ketones (excluding diaryl/α,β-unsaturated/α-hetero) is 1. The first kappa shape index (κ1) is 28.8. The van der Waals surface area contributed by atoms with Crippen molar-refractivity contribution in [1.29, 1.82) is 5.26 Å². The lowest BCUT2D eigenvalue weighted by molar-refractivity contribution is 0.0977. The van der Waals surface area contributed by atoms with Crippen LogP contribution in [0.3, 0.4) is 0 Å². The van der Waals surface area contributed by atoms with E-state index in [1.807, 2.05) is 43.4 Å². The average Bonchev–Trinajstić information content (AvgIpc) is 3.49. The predicted octanol–water partition coefficient (Wildman–Crippen LogP) is 4.00. The number of anilines is 1. The first-order chi connectivity index (χ1) is 20.7. The smallest absolute Gasteiger partial charge is 0.291 e. The molecule has 0 fully saturated rings. The predicted molar refractivity (Wildman–Crippen MR) is 164 cm³/mol. The van der Waals surface area contributed by atoms with E-state index in [4.69, 9.17) is 11.6 Å². The summed E-state index contributed by atoms with van der Waals surface area (Å²) in [6.45, 7) is 3.24. The van der Waals surface area contributed by atoms with Gasteiger partial charge in [0.25, 0.3) is 5.91 Å². The fourth-order valence-electron chi connectivity index (χ4n) is 6.14. The van der Waals surface area contributed by atoms with Gasteiger partial charge in [-0.2, -0.15) is 5.26 Å². The molecule has 4 aromatic rings. The third-order valence-electron chi connectivity index (χ3n) is 8.50. The lowest BCUT2D eigenvalue weighted by Crippen LogP contribution is -2.27. The monoisotopic (exact) mass is 596 g/mol. The van der Waals surface area contributed by atoms with Crippen molar-refractivity contribution in [3.8, 4) is 17.2 Å². The van der Waals surface area contributed by atoms with Crippen LogP contribution in [0, 0.1) is 11.3 Å². The zero-order valence-corrected chi connectivity index (χ0v) is 25.5. The van der Waals surface area contributed by atoms with E-state index < -0.39 is 0 Å². The van der Waals surface area contributed by atoms with Gasteiger partial charge in [0.2, 0.25) is 5.78 Å². The third kappa shape index (κ3) is 5.25. The van der Waals surface area contributed by atoms with Crippen LogP contribution in [0.25, 0.3) is 11.1 Å². The Morgan fingerprint density at radius 1 is 0.884 bits per heavy atom. The molecule has 0 saturated heterocycles. The van der Waals surface area contributed by atoms with Gasteiger partial charge < -0.3 is 24.3 Å². The summed E-state index contributed by atoms with van der Waals surface area (Å²) < 4.78 is 3.74. The van der Waals surface area contributed by atoms with Gasteiger partial charge in [-0.25, -0.2) is 9.97 Å². The Hall–Kier alpha value is -4.30. The second kappa shape index (κ2) is 11.4. The van der Waals surface area contributed by atoms with Crippen molar-refractivity contribution in [2.75, 3.05) is 32.5 Å². The van der Waals surface area contributed by atoms with Crippen LogP contribution in [0.15, 0.2) is 36.4 Å². The van der Waals surface area contributed by atoms with E-state index in [1.165, 1.54) is 0 Å². The minimum absolute atomic E-state index is 0.0311. The fraction of sp³-hybridized carbons (Fsp3) is 0.344. The molecule has 0 bridgehead atoms. The number of hydrogen-bond donors (Lipinski definition) is 1. The summed E-state index contributed by atoms with van der Waals surface area (Å²) >= 11 is 6.87. The number of likely N-dealkylation sites (N-methyl/N-ethyl adjacent to an activating group) is 2. The van der Waals surface area contributed by atoms with E-state index in [-0.39, 0.29) is 18.1 Å². The molecule has 4 heterocycles. The Bertz CT molecular complexity index is 1810. The summed E-state index contributed by atoms with van der Waals surface area (Å²) in [5, 5.41) is 13.4. The van der Waals surface area contributed by atoms with E-state index >= 15 is 0 Å². The number of aromatic nitrogens is 4. The maximum absolute atomic E-state index is 13.5. The number of amides is 1. The molecule has 0 radical (unpaired) electrons. The van der Waals surface area contributed by atoms with Gasteiger partial charge in [0.05, 0.1) is 27.7 Å². The molecule has 1 N–H and O–H groups in total. The van der Waals surface area contributed by atoms with Crippen molar-refractivity contribution in [1.82, 2.24) is 28.9 Å². The maximum Gasteiger partial charge on any atom is 0.291 e. The minimum atomic E-state index is -0.359. The number of hydrogen-bond acceptors (Lipinski definition) is 7. The zero-order valence-electron chi connectivity index (χ0n) is 24.7. The Morgan fingerprint density at radius 2 is 1.47 bits per heavy atom. The number of carbonyl (C=O) groups excluding carboxylic acids is 2. The highest BCUT2D eigenvalue weighted by atomic mass is 35.5. The molecule has 0 spiro atoms. The molecule has 220 valence electrons. The molecule has 2 aliphatic rings. The normalized spacial score (nSPS) is 15.1. The Morgan fingerprint density at radius 3 is 2.12 bits per heavy atom. The summed E-state index contributed by atoms with van der Waals surface area (Å²) in [7, 11) is 7.81. The molecule has 43 heavy (non-hydrogen) atoms. The van der Waals surface area contributed by atoms with Gasteiger partial charge in [0.15, 0.2) is 11.6 Å². The van der Waals surface area contributed by atoms with Crippen molar-refractivity contribution in [2.45, 2.75) is 32.4 Å². The first-order valence-corrected chi connectivity index (χ1v) is 14.7. The topological polar surface area (TPSA) is 112 Å². The van der Waals surface area contributed by atoms with Gasteiger partial charge in [-0.05, 0) is 25.7 Å². The second-order valence-corrected chi connectivity index (χ2v) is 11.8. The molecule has 10 nitrogen and oxygen atoms in total. The largest absolute Gasteiger partial charge is 0.328 e. The number of nitriles is 1. The van der Waals surface area contributed by atoms with Crippen LogP contribution in [0.2, 0.25) is 5.02 Å². The highest BCUT2D eigenvalue weighted by Gasteiger charge is 2.27. The van der Waals surface area contributed by atoms with Crippen LogP contribution in [-0.4, -0.2) is 67.8 Å². The molecule has 2 aromatic heterocycles. The Kier molecular flexibility index (Phi) is 7.65. The van der Waals surface area contributed by atoms with E-state index in [1.54, 1.807) is 30.3 Å². The summed E-state index contributed by atoms with van der Waals surface area (Å²) in [5.41, 5.74) is 6.52. The number of nitrogens with one attached hydrogen (secondary N) is 1. The third-order valence-corrected chi connectivity index (χ3v) is 8.90. The van der Waals surface area contributed by atoms with Gasteiger partial charge in [-0.15, -0.1) is 0 Å². The van der Waals surface area contributed by atoms with Crippen molar-refractivity contribution >= 4 is 29.0 Å². The van der Waals surface area contributed by atoms with E-state index in [2.05, 4.69) is 31.2 Å². The number of ketones is 1. The number of nitrogens with zero attached hydrogens (tertiary/aromatic N) is 7. The van der Waals surface area contributed by atoms with Gasteiger partial charge in [0.1, 0.15) is 6.07 Å². The maximum atomic E-state index is 13.5. The number of fused-ring (bicyclic) bond motifs is 2. The van der Waals surface area contributed by atoms with Crippen LogP contribution >= 0.6 is 11.6 Å². The number of imidazole rings is 2. The van der Waals surface area contributed by atoms with Crippen LogP contribution in [-0.2, 0) is 46.4 Å². The first-order valence-electron chi connectivity index (χ1n) is 14.3. The summed E-state index contributed by atoms with van der Waals surface area (Å²) in [6, 6.07) is 13.0. The van der Waals surface area contributed by atoms with Crippen molar-refractivity contribution in [2.24, 2.45) is 14.1 Å². The molecule has 0 atom stereocenters. The molecule has 0 aliphatic carbocycles. The molecular weight excluding hydrogens is 564 g/mol. The van der Waals surface area contributed by atoms with Gasteiger partial charge in [0, 0.05) is 82.1 Å². The Labute approximate surface area is 255 Å².